The molecule has 0 atom stereocenters. The zero-order valence-electron chi connectivity index (χ0n) is 32.2. The third-order valence-electron chi connectivity index (χ3n) is 9.41. The first-order chi connectivity index (χ1) is 22.9. The van der Waals surface area contributed by atoms with Crippen LogP contribution in [0.1, 0.15) is 194 Å². The summed E-state index contributed by atoms with van der Waals surface area (Å²) in [5, 5.41) is 6.21. The molecule has 0 aliphatic rings. The fourth-order valence-electron chi connectivity index (χ4n) is 6.00. The van der Waals surface area contributed by atoms with Gasteiger partial charge in [-0.3, -0.25) is 9.59 Å². The largest absolute Gasteiger partial charge is 0.350 e. The molecule has 276 valence electrons. The van der Waals surface area contributed by atoms with Crippen molar-refractivity contribution in [1.82, 2.24) is 10.6 Å². The highest BCUT2D eigenvalue weighted by Gasteiger charge is 2.15. The van der Waals surface area contributed by atoms with E-state index < -0.39 is 0 Å². The van der Waals surface area contributed by atoms with E-state index >= 15 is 0 Å². The highest BCUT2D eigenvalue weighted by atomic mass is 16.2. The van der Waals surface area contributed by atoms with Crippen LogP contribution in [0.2, 0.25) is 0 Å². The minimum Gasteiger partial charge on any atom is -0.350 e. The molecule has 0 spiro atoms. The van der Waals surface area contributed by atoms with E-state index in [9.17, 15) is 9.59 Å². The molecule has 2 amide bonds. The van der Waals surface area contributed by atoms with E-state index in [4.69, 9.17) is 0 Å². The molecule has 0 bridgehead atoms. The molecule has 0 saturated heterocycles. The third-order valence-corrected chi connectivity index (χ3v) is 9.41. The number of nitrogens with zero attached hydrogens (tertiary/aromatic N) is 1. The van der Waals surface area contributed by atoms with Gasteiger partial charge in [-0.15, -0.1) is 0 Å². The maximum atomic E-state index is 12.3. The zero-order valence-corrected chi connectivity index (χ0v) is 32.2. The van der Waals surface area contributed by atoms with Crippen LogP contribution in [0.4, 0.5) is 0 Å². The van der Waals surface area contributed by atoms with Gasteiger partial charge < -0.3 is 15.1 Å². The van der Waals surface area contributed by atoms with Gasteiger partial charge in [0, 0.05) is 12.8 Å². The normalized spacial score (nSPS) is 12.0. The molecule has 0 rings (SSSR count). The van der Waals surface area contributed by atoms with Crippen molar-refractivity contribution < 1.29 is 14.1 Å². The Morgan fingerprint density at radius 2 is 0.702 bits per heavy atom. The van der Waals surface area contributed by atoms with Crippen LogP contribution in [0, 0.1) is 0 Å². The fraction of sp³-hybridized carbons (Fsp3) is 0.857. The number of allylic oxidation sites excluding steroid dienone is 4. The van der Waals surface area contributed by atoms with Gasteiger partial charge in [-0.25, -0.2) is 0 Å². The first kappa shape index (κ1) is 45.4. The summed E-state index contributed by atoms with van der Waals surface area (Å²) < 4.78 is 0.793. The van der Waals surface area contributed by atoms with Crippen molar-refractivity contribution in [3.05, 3.63) is 24.3 Å². The molecule has 0 fully saturated rings. The van der Waals surface area contributed by atoms with Gasteiger partial charge >= 0.3 is 0 Å². The number of nitrogens with one attached hydrogen (secondary N) is 2. The lowest BCUT2D eigenvalue weighted by Gasteiger charge is -2.30. The van der Waals surface area contributed by atoms with E-state index in [1.165, 1.54) is 141 Å². The minimum atomic E-state index is 0.177. The fourth-order valence-corrected chi connectivity index (χ4v) is 6.00. The molecule has 5 heteroatoms. The summed E-state index contributed by atoms with van der Waals surface area (Å²) in [6.07, 6.45) is 43.9. The van der Waals surface area contributed by atoms with Crippen LogP contribution in [0.3, 0.4) is 0 Å². The van der Waals surface area contributed by atoms with Crippen molar-refractivity contribution in [1.29, 1.82) is 0 Å². The Morgan fingerprint density at radius 3 is 1.02 bits per heavy atom. The van der Waals surface area contributed by atoms with E-state index in [1.54, 1.807) is 0 Å². The molecule has 0 heterocycles. The van der Waals surface area contributed by atoms with Gasteiger partial charge in [0.05, 0.1) is 40.3 Å². The SMILES string of the molecule is CCCCCCCCC=CCCCCCCCC(=O)NCC[N+](C)(C)CCNC(=O)CCCCCCCC=CCCCCCCCC. The predicted molar refractivity (Wildman–Crippen MR) is 207 cm³/mol. The van der Waals surface area contributed by atoms with Gasteiger partial charge in [0.1, 0.15) is 0 Å². The smallest absolute Gasteiger partial charge is 0.220 e. The molecule has 0 radical (unpaired) electrons. The molecule has 0 aliphatic heterocycles. The zero-order chi connectivity index (χ0) is 34.5. The van der Waals surface area contributed by atoms with Crippen molar-refractivity contribution in [3.63, 3.8) is 0 Å². The Labute approximate surface area is 294 Å². The molecule has 5 nitrogen and oxygen atoms in total. The summed E-state index contributed by atoms with van der Waals surface area (Å²) in [6, 6.07) is 0. The maximum Gasteiger partial charge on any atom is 0.220 e. The Bertz CT molecular complexity index is 686. The third kappa shape index (κ3) is 37.1. The molecule has 0 aromatic heterocycles. The van der Waals surface area contributed by atoms with Crippen molar-refractivity contribution in [3.8, 4) is 0 Å². The number of hydrogen-bond acceptors (Lipinski definition) is 2. The van der Waals surface area contributed by atoms with E-state index in [-0.39, 0.29) is 11.8 Å². The van der Waals surface area contributed by atoms with Crippen LogP contribution in [-0.4, -0.2) is 56.6 Å². The lowest BCUT2D eigenvalue weighted by atomic mass is 10.1. The second-order valence-corrected chi connectivity index (χ2v) is 14.8. The van der Waals surface area contributed by atoms with Crippen LogP contribution < -0.4 is 10.6 Å². The second-order valence-electron chi connectivity index (χ2n) is 14.8. The topological polar surface area (TPSA) is 58.2 Å². The summed E-state index contributed by atoms with van der Waals surface area (Å²) in [5.41, 5.74) is 0. The Kier molecular flexibility index (Phi) is 34.5. The van der Waals surface area contributed by atoms with Crippen LogP contribution >= 0.6 is 0 Å². The van der Waals surface area contributed by atoms with Crippen LogP contribution in [0.15, 0.2) is 24.3 Å². The van der Waals surface area contributed by atoms with Crippen molar-refractivity contribution in [2.45, 2.75) is 194 Å². The molecule has 0 saturated carbocycles. The van der Waals surface area contributed by atoms with Crippen LogP contribution in [0.5, 0.6) is 0 Å². The van der Waals surface area contributed by atoms with Crippen molar-refractivity contribution in [2.24, 2.45) is 0 Å². The standard InChI is InChI=1S/C42H81N3O2/c1-5-7-9-11-13-15-17-19-21-23-25-27-29-31-33-35-41(46)43-37-39-45(3,4)40-38-44-42(47)36-34-32-30-28-26-24-22-20-18-16-14-12-10-8-6-2/h19-22H,5-18,23-40H2,1-4H3,(H-,43,44,46,47)/p+1. The lowest BCUT2D eigenvalue weighted by Crippen LogP contribution is -2.49. The maximum absolute atomic E-state index is 12.3. The van der Waals surface area contributed by atoms with Crippen LogP contribution in [-0.2, 0) is 9.59 Å². The van der Waals surface area contributed by atoms with Gasteiger partial charge in [-0.05, 0) is 64.2 Å². The summed E-state index contributed by atoms with van der Waals surface area (Å²) >= 11 is 0. The van der Waals surface area contributed by atoms with E-state index in [0.29, 0.717) is 25.9 Å². The molecule has 0 aliphatic carbocycles. The predicted octanol–water partition coefficient (Wildman–Crippen LogP) is 11.4. The van der Waals surface area contributed by atoms with E-state index in [1.807, 2.05) is 0 Å². The summed E-state index contributed by atoms with van der Waals surface area (Å²) in [5.74, 6) is 0.354. The Hall–Kier alpha value is -1.62. The lowest BCUT2D eigenvalue weighted by molar-refractivity contribution is -0.887. The number of rotatable bonds is 36. The van der Waals surface area contributed by atoms with Gasteiger partial charge in [0.25, 0.3) is 0 Å². The number of amides is 2. The van der Waals surface area contributed by atoms with Gasteiger partial charge in [0.15, 0.2) is 0 Å². The second kappa shape index (κ2) is 35.7. The molecular formula is C42H82N3O2+. The quantitative estimate of drug-likeness (QED) is 0.0399. The number of quaternary nitrogens is 1. The first-order valence-electron chi connectivity index (χ1n) is 20.6. The molecule has 47 heavy (non-hydrogen) atoms. The highest BCUT2D eigenvalue weighted by molar-refractivity contribution is 5.76. The average molecular weight is 661 g/mol. The molecule has 2 N–H and O–H groups in total. The molecular weight excluding hydrogens is 578 g/mol. The highest BCUT2D eigenvalue weighted by Crippen LogP contribution is 2.11. The number of hydrogen-bond donors (Lipinski definition) is 2. The van der Waals surface area contributed by atoms with Crippen molar-refractivity contribution >= 4 is 11.8 Å². The average Bonchev–Trinajstić information content (AvgIpc) is 3.04. The number of unbranched alkanes of at least 4 members (excludes halogenated alkanes) is 22. The Balaban J connectivity index is 3.55. The number of carbonyl (C=O) groups is 2. The monoisotopic (exact) mass is 661 g/mol. The van der Waals surface area contributed by atoms with Gasteiger partial charge in [-0.1, -0.05) is 141 Å². The van der Waals surface area contributed by atoms with Gasteiger partial charge in [-0.2, -0.15) is 0 Å². The Morgan fingerprint density at radius 1 is 0.426 bits per heavy atom. The molecule has 0 aromatic rings. The van der Waals surface area contributed by atoms with Crippen LogP contribution in [0.25, 0.3) is 0 Å². The number of carbonyl (C=O) groups excluding carboxylic acids is 2. The van der Waals surface area contributed by atoms with E-state index in [0.717, 1.165) is 43.3 Å². The van der Waals surface area contributed by atoms with Gasteiger partial charge in [0.2, 0.25) is 11.8 Å². The molecule has 0 unspecified atom stereocenters. The first-order valence-corrected chi connectivity index (χ1v) is 20.6. The van der Waals surface area contributed by atoms with E-state index in [2.05, 4.69) is 62.9 Å². The minimum absolute atomic E-state index is 0.177. The molecule has 0 aromatic carbocycles. The number of likely N-dealkylation sites (N-methyl/N-ethyl adjacent to an activating group) is 1. The summed E-state index contributed by atoms with van der Waals surface area (Å²) in [7, 11) is 4.35. The summed E-state index contributed by atoms with van der Waals surface area (Å²) in [4.78, 5) is 24.5. The van der Waals surface area contributed by atoms with Crippen molar-refractivity contribution in [2.75, 3.05) is 40.3 Å². The summed E-state index contributed by atoms with van der Waals surface area (Å²) in [6.45, 7) is 7.69.